The summed E-state index contributed by atoms with van der Waals surface area (Å²) in [7, 11) is 1.65. The number of unbranched alkanes of at least 4 members (excludes halogenated alkanes) is 1. The van der Waals surface area contributed by atoms with E-state index in [0.717, 1.165) is 41.9 Å². The SMILES string of the molecule is CCCCc1oc(=O)c(C)cc1-c1ccc(OC)cc1. The van der Waals surface area contributed by atoms with Gasteiger partial charge in [-0.25, -0.2) is 4.79 Å². The number of aryl methyl sites for hydroxylation is 2. The Morgan fingerprint density at radius 1 is 1.20 bits per heavy atom. The predicted octanol–water partition coefficient (Wildman–Crippen LogP) is 3.97. The zero-order chi connectivity index (χ0) is 14.5. The normalized spacial score (nSPS) is 10.6. The summed E-state index contributed by atoms with van der Waals surface area (Å²) >= 11 is 0. The van der Waals surface area contributed by atoms with Gasteiger partial charge in [0.15, 0.2) is 0 Å². The number of ether oxygens (including phenoxy) is 1. The summed E-state index contributed by atoms with van der Waals surface area (Å²) in [5.74, 6) is 1.59. The van der Waals surface area contributed by atoms with Crippen LogP contribution >= 0.6 is 0 Å². The van der Waals surface area contributed by atoms with E-state index in [0.29, 0.717) is 5.56 Å². The highest BCUT2D eigenvalue weighted by molar-refractivity contribution is 5.66. The third-order valence-corrected chi connectivity index (χ3v) is 3.36. The number of methoxy groups -OCH3 is 1. The van der Waals surface area contributed by atoms with Crippen molar-refractivity contribution >= 4 is 0 Å². The molecule has 0 aliphatic carbocycles. The van der Waals surface area contributed by atoms with E-state index in [1.165, 1.54) is 0 Å². The van der Waals surface area contributed by atoms with Crippen LogP contribution < -0.4 is 10.4 Å². The van der Waals surface area contributed by atoms with Crippen molar-refractivity contribution in [3.05, 3.63) is 52.1 Å². The molecule has 0 aliphatic heterocycles. The molecule has 0 radical (unpaired) electrons. The Morgan fingerprint density at radius 3 is 2.50 bits per heavy atom. The number of benzene rings is 1. The van der Waals surface area contributed by atoms with Crippen LogP contribution in [0.1, 0.15) is 31.1 Å². The molecule has 1 heterocycles. The van der Waals surface area contributed by atoms with Crippen LogP contribution in [0.25, 0.3) is 11.1 Å². The van der Waals surface area contributed by atoms with Crippen molar-refractivity contribution in [2.45, 2.75) is 33.1 Å². The highest BCUT2D eigenvalue weighted by Crippen LogP contribution is 2.26. The predicted molar refractivity (Wildman–Crippen MR) is 80.3 cm³/mol. The topological polar surface area (TPSA) is 39.4 Å². The average molecular weight is 272 g/mol. The maximum atomic E-state index is 11.7. The zero-order valence-electron chi connectivity index (χ0n) is 12.2. The number of hydrogen-bond acceptors (Lipinski definition) is 3. The van der Waals surface area contributed by atoms with E-state index in [-0.39, 0.29) is 5.63 Å². The maximum Gasteiger partial charge on any atom is 0.338 e. The van der Waals surface area contributed by atoms with Gasteiger partial charge in [0.05, 0.1) is 7.11 Å². The molecule has 2 rings (SSSR count). The van der Waals surface area contributed by atoms with Crippen LogP contribution in [0, 0.1) is 6.92 Å². The Morgan fingerprint density at radius 2 is 1.90 bits per heavy atom. The Bertz CT molecular complexity index is 624. The summed E-state index contributed by atoms with van der Waals surface area (Å²) in [5, 5.41) is 0. The lowest BCUT2D eigenvalue weighted by Gasteiger charge is -2.09. The molecule has 0 atom stereocenters. The fourth-order valence-corrected chi connectivity index (χ4v) is 2.14. The molecule has 0 bridgehead atoms. The highest BCUT2D eigenvalue weighted by Gasteiger charge is 2.11. The molecule has 0 spiro atoms. The van der Waals surface area contributed by atoms with Gasteiger partial charge in [0, 0.05) is 17.5 Å². The van der Waals surface area contributed by atoms with Gasteiger partial charge in [-0.1, -0.05) is 25.5 Å². The molecule has 106 valence electrons. The summed E-state index contributed by atoms with van der Waals surface area (Å²) in [6.45, 7) is 3.90. The van der Waals surface area contributed by atoms with Gasteiger partial charge in [0.25, 0.3) is 0 Å². The molecule has 0 N–H and O–H groups in total. The van der Waals surface area contributed by atoms with E-state index < -0.39 is 0 Å². The van der Waals surface area contributed by atoms with Gasteiger partial charge in [0.2, 0.25) is 0 Å². The Balaban J connectivity index is 2.46. The van der Waals surface area contributed by atoms with Gasteiger partial charge in [0.1, 0.15) is 11.5 Å². The second-order valence-electron chi connectivity index (χ2n) is 4.89. The van der Waals surface area contributed by atoms with Crippen molar-refractivity contribution in [1.82, 2.24) is 0 Å². The lowest BCUT2D eigenvalue weighted by atomic mass is 10.0. The molecule has 2 aromatic rings. The fraction of sp³-hybridized carbons (Fsp3) is 0.353. The van der Waals surface area contributed by atoms with Gasteiger partial charge in [-0.2, -0.15) is 0 Å². The van der Waals surface area contributed by atoms with E-state index in [9.17, 15) is 4.79 Å². The van der Waals surface area contributed by atoms with Crippen LogP contribution in [0.15, 0.2) is 39.5 Å². The van der Waals surface area contributed by atoms with Crippen LogP contribution in [0.3, 0.4) is 0 Å². The van der Waals surface area contributed by atoms with Crippen LogP contribution in [-0.4, -0.2) is 7.11 Å². The smallest absolute Gasteiger partial charge is 0.338 e. The average Bonchev–Trinajstić information content (AvgIpc) is 2.48. The largest absolute Gasteiger partial charge is 0.497 e. The van der Waals surface area contributed by atoms with Crippen LogP contribution in [0.2, 0.25) is 0 Å². The second kappa shape index (κ2) is 6.42. The molecule has 0 saturated carbocycles. The zero-order valence-corrected chi connectivity index (χ0v) is 12.2. The van der Waals surface area contributed by atoms with Gasteiger partial charge in [-0.3, -0.25) is 0 Å². The summed E-state index contributed by atoms with van der Waals surface area (Å²) in [4.78, 5) is 11.7. The molecule has 3 nitrogen and oxygen atoms in total. The molecule has 0 saturated heterocycles. The molecule has 0 amide bonds. The van der Waals surface area contributed by atoms with Crippen molar-refractivity contribution in [3.8, 4) is 16.9 Å². The minimum Gasteiger partial charge on any atom is -0.497 e. The van der Waals surface area contributed by atoms with Crippen molar-refractivity contribution < 1.29 is 9.15 Å². The minimum absolute atomic E-state index is 0.242. The van der Waals surface area contributed by atoms with E-state index in [1.807, 2.05) is 30.3 Å². The Labute approximate surface area is 119 Å². The first-order valence-electron chi connectivity index (χ1n) is 6.93. The third kappa shape index (κ3) is 3.10. The highest BCUT2D eigenvalue weighted by atomic mass is 16.5. The van der Waals surface area contributed by atoms with Crippen molar-refractivity contribution in [1.29, 1.82) is 0 Å². The third-order valence-electron chi connectivity index (χ3n) is 3.36. The lowest BCUT2D eigenvalue weighted by Crippen LogP contribution is -2.06. The molecular formula is C17H20O3. The molecular weight excluding hydrogens is 252 g/mol. The van der Waals surface area contributed by atoms with E-state index in [2.05, 4.69) is 6.92 Å². The first-order chi connectivity index (χ1) is 9.65. The summed E-state index contributed by atoms with van der Waals surface area (Å²) in [6, 6.07) is 9.73. The fourth-order valence-electron chi connectivity index (χ4n) is 2.14. The van der Waals surface area contributed by atoms with Gasteiger partial charge < -0.3 is 9.15 Å². The van der Waals surface area contributed by atoms with Crippen LogP contribution in [0.5, 0.6) is 5.75 Å². The Kier molecular flexibility index (Phi) is 4.61. The van der Waals surface area contributed by atoms with Crippen LogP contribution in [-0.2, 0) is 6.42 Å². The molecule has 3 heteroatoms. The summed E-state index contributed by atoms with van der Waals surface area (Å²) in [6.07, 6.45) is 2.86. The van der Waals surface area contributed by atoms with E-state index in [4.69, 9.17) is 9.15 Å². The first-order valence-corrected chi connectivity index (χ1v) is 6.93. The van der Waals surface area contributed by atoms with Gasteiger partial charge in [-0.05, 0) is 37.1 Å². The number of hydrogen-bond donors (Lipinski definition) is 0. The van der Waals surface area contributed by atoms with Crippen molar-refractivity contribution in [2.24, 2.45) is 0 Å². The summed E-state index contributed by atoms with van der Waals surface area (Å²) < 4.78 is 10.6. The first kappa shape index (κ1) is 14.4. The lowest BCUT2D eigenvalue weighted by molar-refractivity contribution is 0.415. The van der Waals surface area contributed by atoms with Gasteiger partial charge >= 0.3 is 5.63 Å². The second-order valence-corrected chi connectivity index (χ2v) is 4.89. The minimum atomic E-state index is -0.242. The van der Waals surface area contributed by atoms with Crippen molar-refractivity contribution in [2.75, 3.05) is 7.11 Å². The quantitative estimate of drug-likeness (QED) is 0.826. The van der Waals surface area contributed by atoms with Crippen LogP contribution in [0.4, 0.5) is 0 Å². The maximum absolute atomic E-state index is 11.7. The standard InChI is InChI=1S/C17H20O3/c1-4-5-6-16-15(11-12(2)17(18)20-16)13-7-9-14(19-3)10-8-13/h7-11H,4-6H2,1-3H3. The summed E-state index contributed by atoms with van der Waals surface area (Å²) in [5.41, 5.74) is 2.44. The Hall–Kier alpha value is -2.03. The monoisotopic (exact) mass is 272 g/mol. The van der Waals surface area contributed by atoms with E-state index >= 15 is 0 Å². The molecule has 0 unspecified atom stereocenters. The molecule has 1 aromatic carbocycles. The van der Waals surface area contributed by atoms with E-state index in [1.54, 1.807) is 14.0 Å². The molecule has 20 heavy (non-hydrogen) atoms. The molecule has 0 fully saturated rings. The number of rotatable bonds is 5. The van der Waals surface area contributed by atoms with Crippen molar-refractivity contribution in [3.63, 3.8) is 0 Å². The molecule has 0 aliphatic rings. The van der Waals surface area contributed by atoms with Gasteiger partial charge in [-0.15, -0.1) is 0 Å². The molecule has 1 aromatic heterocycles.